The first-order chi connectivity index (χ1) is 8.72. The van der Waals surface area contributed by atoms with Gasteiger partial charge in [0.15, 0.2) is 5.58 Å². The van der Waals surface area contributed by atoms with E-state index in [4.69, 9.17) is 21.8 Å². The van der Waals surface area contributed by atoms with Crippen LogP contribution in [0.25, 0.3) is 11.1 Å². The zero-order chi connectivity index (χ0) is 12.5. The highest BCUT2D eigenvalue weighted by molar-refractivity contribution is 6.30. The molecule has 0 spiro atoms. The number of nitrogens with zero attached hydrogens (tertiary/aromatic N) is 1. The topological polar surface area (TPSA) is 64.1 Å². The predicted molar refractivity (Wildman–Crippen MR) is 73.2 cm³/mol. The van der Waals surface area contributed by atoms with Crippen molar-refractivity contribution in [3.63, 3.8) is 0 Å². The first kappa shape index (κ1) is 10.9. The number of oxazole rings is 1. The highest BCUT2D eigenvalue weighted by Gasteiger charge is 2.07. The molecule has 0 bridgehead atoms. The Hall–Kier alpha value is -2.20. The highest BCUT2D eigenvalue weighted by Crippen LogP contribution is 2.26. The lowest BCUT2D eigenvalue weighted by molar-refractivity contribution is 0.623. The minimum Gasteiger partial charge on any atom is -0.423 e. The third-order valence-corrected chi connectivity index (χ3v) is 2.80. The van der Waals surface area contributed by atoms with Crippen LogP contribution in [0.15, 0.2) is 46.9 Å². The SMILES string of the molecule is Nc1cccc2oc(Nc3ccc(Cl)cc3)nc12. The molecule has 0 aliphatic heterocycles. The summed E-state index contributed by atoms with van der Waals surface area (Å²) < 4.78 is 5.55. The van der Waals surface area contributed by atoms with Crippen LogP contribution >= 0.6 is 11.6 Å². The Morgan fingerprint density at radius 3 is 2.61 bits per heavy atom. The molecule has 0 unspecified atom stereocenters. The molecule has 1 aromatic heterocycles. The second kappa shape index (κ2) is 4.23. The number of hydrogen-bond acceptors (Lipinski definition) is 4. The predicted octanol–water partition coefficient (Wildman–Crippen LogP) is 3.81. The van der Waals surface area contributed by atoms with Gasteiger partial charge in [0.05, 0.1) is 5.69 Å². The number of nitrogens with one attached hydrogen (secondary N) is 1. The number of nitrogen functional groups attached to an aromatic ring is 1. The fourth-order valence-electron chi connectivity index (χ4n) is 1.68. The molecule has 0 saturated carbocycles. The van der Waals surface area contributed by atoms with Crippen LogP contribution in [0.5, 0.6) is 0 Å². The zero-order valence-corrected chi connectivity index (χ0v) is 10.1. The molecule has 0 amide bonds. The van der Waals surface area contributed by atoms with Crippen LogP contribution in [0.4, 0.5) is 17.4 Å². The molecule has 2 aromatic carbocycles. The maximum atomic E-state index is 5.82. The van der Waals surface area contributed by atoms with E-state index in [9.17, 15) is 0 Å². The van der Waals surface area contributed by atoms with Crippen LogP contribution in [0.1, 0.15) is 0 Å². The second-order valence-corrected chi connectivity index (χ2v) is 4.28. The van der Waals surface area contributed by atoms with E-state index in [-0.39, 0.29) is 0 Å². The van der Waals surface area contributed by atoms with Gasteiger partial charge >= 0.3 is 0 Å². The molecule has 0 radical (unpaired) electrons. The van der Waals surface area contributed by atoms with Crippen LogP contribution < -0.4 is 11.1 Å². The first-order valence-corrected chi connectivity index (χ1v) is 5.78. The maximum absolute atomic E-state index is 5.82. The van der Waals surface area contributed by atoms with Crippen molar-refractivity contribution < 1.29 is 4.42 Å². The van der Waals surface area contributed by atoms with Crippen LogP contribution in [-0.2, 0) is 0 Å². The van der Waals surface area contributed by atoms with Crippen LogP contribution in [-0.4, -0.2) is 4.98 Å². The highest BCUT2D eigenvalue weighted by atomic mass is 35.5. The Kier molecular flexibility index (Phi) is 2.57. The van der Waals surface area contributed by atoms with E-state index in [0.29, 0.717) is 27.8 Å². The lowest BCUT2D eigenvalue weighted by Crippen LogP contribution is -1.90. The average Bonchev–Trinajstić information content (AvgIpc) is 2.76. The summed E-state index contributed by atoms with van der Waals surface area (Å²) in [7, 11) is 0. The molecule has 18 heavy (non-hydrogen) atoms. The van der Waals surface area contributed by atoms with Gasteiger partial charge in [0, 0.05) is 10.7 Å². The summed E-state index contributed by atoms with van der Waals surface area (Å²) in [4.78, 5) is 4.29. The van der Waals surface area contributed by atoms with E-state index in [1.807, 2.05) is 24.3 Å². The molecule has 90 valence electrons. The smallest absolute Gasteiger partial charge is 0.300 e. The van der Waals surface area contributed by atoms with Crippen molar-refractivity contribution in [2.24, 2.45) is 0 Å². The van der Waals surface area contributed by atoms with E-state index in [0.717, 1.165) is 5.69 Å². The summed E-state index contributed by atoms with van der Waals surface area (Å²) in [6.07, 6.45) is 0. The van der Waals surface area contributed by atoms with E-state index < -0.39 is 0 Å². The van der Waals surface area contributed by atoms with Gasteiger partial charge in [0.25, 0.3) is 6.01 Å². The van der Waals surface area contributed by atoms with Gasteiger partial charge in [-0.1, -0.05) is 17.7 Å². The summed E-state index contributed by atoms with van der Waals surface area (Å²) >= 11 is 5.82. The van der Waals surface area contributed by atoms with Crippen molar-refractivity contribution >= 4 is 40.1 Å². The van der Waals surface area contributed by atoms with Gasteiger partial charge in [-0.15, -0.1) is 0 Å². The molecule has 3 rings (SSSR count). The number of aromatic nitrogens is 1. The van der Waals surface area contributed by atoms with Gasteiger partial charge in [-0.05, 0) is 36.4 Å². The molecule has 0 saturated heterocycles. The second-order valence-electron chi connectivity index (χ2n) is 3.84. The van der Waals surface area contributed by atoms with E-state index in [1.165, 1.54) is 0 Å². The van der Waals surface area contributed by atoms with Crippen LogP contribution in [0.2, 0.25) is 5.02 Å². The number of rotatable bonds is 2. The summed E-state index contributed by atoms with van der Waals surface area (Å²) in [6.45, 7) is 0. The molecule has 1 heterocycles. The zero-order valence-electron chi connectivity index (χ0n) is 9.35. The molecule has 0 aliphatic carbocycles. The lowest BCUT2D eigenvalue weighted by atomic mass is 10.3. The third-order valence-electron chi connectivity index (χ3n) is 2.55. The first-order valence-electron chi connectivity index (χ1n) is 5.40. The van der Waals surface area contributed by atoms with Crippen molar-refractivity contribution in [1.29, 1.82) is 0 Å². The van der Waals surface area contributed by atoms with Crippen LogP contribution in [0.3, 0.4) is 0 Å². The lowest BCUT2D eigenvalue weighted by Gasteiger charge is -2.00. The van der Waals surface area contributed by atoms with Gasteiger partial charge in [-0.2, -0.15) is 4.98 Å². The summed E-state index contributed by atoms with van der Waals surface area (Å²) in [6, 6.07) is 13.1. The van der Waals surface area contributed by atoms with Crippen LogP contribution in [0, 0.1) is 0 Å². The Bertz CT molecular complexity index is 691. The molecule has 3 aromatic rings. The average molecular weight is 260 g/mol. The number of halogens is 1. The standard InChI is InChI=1S/C13H10ClN3O/c14-8-4-6-9(7-5-8)16-13-17-12-10(15)2-1-3-11(12)18-13/h1-7H,15H2,(H,16,17). The minimum atomic E-state index is 0.408. The number of hydrogen-bond donors (Lipinski definition) is 2. The van der Waals surface area contributed by atoms with Crippen molar-refractivity contribution in [3.8, 4) is 0 Å². The molecule has 0 aliphatic rings. The molecule has 0 atom stereocenters. The Balaban J connectivity index is 1.95. The summed E-state index contributed by atoms with van der Waals surface area (Å²) in [5.74, 6) is 0. The fourth-order valence-corrected chi connectivity index (χ4v) is 1.81. The monoisotopic (exact) mass is 259 g/mol. The van der Waals surface area contributed by atoms with Crippen molar-refractivity contribution in [1.82, 2.24) is 4.98 Å². The Morgan fingerprint density at radius 2 is 1.89 bits per heavy atom. The molecule has 4 nitrogen and oxygen atoms in total. The minimum absolute atomic E-state index is 0.408. The maximum Gasteiger partial charge on any atom is 0.300 e. The third kappa shape index (κ3) is 1.98. The fraction of sp³-hybridized carbons (Fsp3) is 0. The number of benzene rings is 2. The van der Waals surface area contributed by atoms with Gasteiger partial charge in [0.1, 0.15) is 5.52 Å². The van der Waals surface area contributed by atoms with E-state index in [2.05, 4.69) is 10.3 Å². The van der Waals surface area contributed by atoms with Gasteiger partial charge in [-0.3, -0.25) is 0 Å². The summed E-state index contributed by atoms with van der Waals surface area (Å²) in [5.41, 5.74) is 8.58. The van der Waals surface area contributed by atoms with Gasteiger partial charge < -0.3 is 15.5 Å². The van der Waals surface area contributed by atoms with Crippen molar-refractivity contribution in [2.75, 3.05) is 11.1 Å². The number of para-hydroxylation sites is 1. The largest absolute Gasteiger partial charge is 0.423 e. The molecular weight excluding hydrogens is 250 g/mol. The van der Waals surface area contributed by atoms with Crippen molar-refractivity contribution in [2.45, 2.75) is 0 Å². The number of fused-ring (bicyclic) bond motifs is 1. The van der Waals surface area contributed by atoms with E-state index in [1.54, 1.807) is 18.2 Å². The molecular formula is C13H10ClN3O. The van der Waals surface area contributed by atoms with Crippen molar-refractivity contribution in [3.05, 3.63) is 47.5 Å². The summed E-state index contributed by atoms with van der Waals surface area (Å²) in [5, 5.41) is 3.74. The quantitative estimate of drug-likeness (QED) is 0.687. The molecule has 0 fully saturated rings. The normalized spacial score (nSPS) is 10.7. The Morgan fingerprint density at radius 1 is 1.11 bits per heavy atom. The van der Waals surface area contributed by atoms with Gasteiger partial charge in [0.2, 0.25) is 0 Å². The van der Waals surface area contributed by atoms with Gasteiger partial charge in [-0.25, -0.2) is 0 Å². The number of nitrogens with two attached hydrogens (primary N) is 1. The van der Waals surface area contributed by atoms with E-state index >= 15 is 0 Å². The molecule has 3 N–H and O–H groups in total. The molecule has 5 heteroatoms. The Labute approximate surface area is 108 Å². The number of anilines is 3.